The lowest BCUT2D eigenvalue weighted by molar-refractivity contribution is -0.0434. The first-order valence-corrected chi connectivity index (χ1v) is 8.32. The van der Waals surface area contributed by atoms with Gasteiger partial charge in [0.05, 0.1) is 9.89 Å². The van der Waals surface area contributed by atoms with Gasteiger partial charge in [0.25, 0.3) is 0 Å². The quantitative estimate of drug-likeness (QED) is 0.889. The molecule has 102 valence electrons. The van der Waals surface area contributed by atoms with E-state index in [0.29, 0.717) is 12.6 Å². The molecule has 4 unspecified atom stereocenters. The number of rotatable bonds is 4. The molecule has 1 aliphatic carbocycles. The van der Waals surface area contributed by atoms with E-state index in [2.05, 4.69) is 41.9 Å². The number of ether oxygens (including phenoxy) is 1. The molecular weight excluding hydrogens is 310 g/mol. The Hall–Kier alpha value is 0.1000. The predicted octanol–water partition coefficient (Wildman–Crippen LogP) is 4.35. The Morgan fingerprint density at radius 1 is 1.39 bits per heavy atom. The molecule has 1 heterocycles. The van der Waals surface area contributed by atoms with Crippen molar-refractivity contribution < 1.29 is 4.74 Å². The molecule has 0 radical (unpaired) electrons. The Labute approximate surface area is 122 Å². The molecule has 0 saturated heterocycles. The van der Waals surface area contributed by atoms with Gasteiger partial charge in [-0.25, -0.2) is 0 Å². The van der Waals surface area contributed by atoms with Crippen LogP contribution < -0.4 is 5.73 Å². The van der Waals surface area contributed by atoms with Crippen LogP contribution >= 0.6 is 27.3 Å². The summed E-state index contributed by atoms with van der Waals surface area (Å²) in [5.74, 6) is 1.59. The summed E-state index contributed by atoms with van der Waals surface area (Å²) in [4.78, 5) is 1.23. The number of hydrogen-bond acceptors (Lipinski definition) is 3. The molecule has 4 heteroatoms. The Balaban J connectivity index is 1.94. The van der Waals surface area contributed by atoms with Crippen LogP contribution in [0.2, 0.25) is 0 Å². The first kappa shape index (κ1) is 14.5. The van der Waals surface area contributed by atoms with Crippen molar-refractivity contribution in [1.82, 2.24) is 0 Å². The second kappa shape index (κ2) is 6.51. The van der Waals surface area contributed by atoms with Gasteiger partial charge in [0.2, 0.25) is 0 Å². The summed E-state index contributed by atoms with van der Waals surface area (Å²) < 4.78 is 7.37. The number of halogens is 1. The fourth-order valence-electron chi connectivity index (χ4n) is 2.59. The lowest BCUT2D eigenvalue weighted by Gasteiger charge is -2.33. The molecule has 1 aromatic heterocycles. The van der Waals surface area contributed by atoms with Crippen LogP contribution in [0.25, 0.3) is 0 Å². The van der Waals surface area contributed by atoms with Crippen molar-refractivity contribution in [3.05, 3.63) is 20.8 Å². The molecule has 2 N–H and O–H groups in total. The SMILES string of the molecule is CC1CCC(OC(CN)c2ccc(Br)s2)CC1C. The molecule has 1 fully saturated rings. The van der Waals surface area contributed by atoms with E-state index in [1.54, 1.807) is 11.3 Å². The normalized spacial score (nSPS) is 30.3. The van der Waals surface area contributed by atoms with Gasteiger partial charge in [-0.1, -0.05) is 13.8 Å². The zero-order valence-electron chi connectivity index (χ0n) is 11.1. The molecule has 18 heavy (non-hydrogen) atoms. The van der Waals surface area contributed by atoms with E-state index in [1.807, 2.05) is 0 Å². The first-order chi connectivity index (χ1) is 8.60. The third kappa shape index (κ3) is 3.56. The van der Waals surface area contributed by atoms with Crippen LogP contribution in [0.3, 0.4) is 0 Å². The highest BCUT2D eigenvalue weighted by Crippen LogP contribution is 2.35. The molecule has 0 aromatic carbocycles. The summed E-state index contributed by atoms with van der Waals surface area (Å²) in [5.41, 5.74) is 5.86. The number of thiophene rings is 1. The minimum atomic E-state index is 0.0620. The van der Waals surface area contributed by atoms with Crippen molar-refractivity contribution in [3.63, 3.8) is 0 Å². The van der Waals surface area contributed by atoms with Gasteiger partial charge < -0.3 is 10.5 Å². The molecule has 1 aliphatic rings. The highest BCUT2D eigenvalue weighted by molar-refractivity contribution is 9.11. The van der Waals surface area contributed by atoms with Crippen LogP contribution in [0.4, 0.5) is 0 Å². The standard InChI is InChI=1S/C14H22BrNOS/c1-9-3-4-11(7-10(9)2)17-12(8-16)13-5-6-14(15)18-13/h5-6,9-12H,3-4,7-8,16H2,1-2H3. The summed E-state index contributed by atoms with van der Waals surface area (Å²) in [6.45, 7) is 5.24. The first-order valence-electron chi connectivity index (χ1n) is 6.71. The van der Waals surface area contributed by atoms with Crippen LogP contribution in [0.1, 0.15) is 44.1 Å². The topological polar surface area (TPSA) is 35.2 Å². The summed E-state index contributed by atoms with van der Waals surface area (Å²) in [6, 6.07) is 4.18. The monoisotopic (exact) mass is 331 g/mol. The smallest absolute Gasteiger partial charge is 0.104 e. The summed E-state index contributed by atoms with van der Waals surface area (Å²) in [6.07, 6.45) is 4.06. The van der Waals surface area contributed by atoms with Crippen molar-refractivity contribution in [1.29, 1.82) is 0 Å². The fourth-order valence-corrected chi connectivity index (χ4v) is 4.07. The third-order valence-corrected chi connectivity index (χ3v) is 5.75. The lowest BCUT2D eigenvalue weighted by Crippen LogP contribution is -2.29. The van der Waals surface area contributed by atoms with Crippen LogP contribution in [-0.4, -0.2) is 12.6 Å². The number of nitrogens with two attached hydrogens (primary N) is 1. The highest BCUT2D eigenvalue weighted by atomic mass is 79.9. The minimum absolute atomic E-state index is 0.0620. The summed E-state index contributed by atoms with van der Waals surface area (Å²) in [5, 5.41) is 0. The molecule has 2 rings (SSSR count). The van der Waals surface area contributed by atoms with E-state index in [-0.39, 0.29) is 6.10 Å². The van der Waals surface area contributed by atoms with Gasteiger partial charge >= 0.3 is 0 Å². The van der Waals surface area contributed by atoms with Gasteiger partial charge in [-0.05, 0) is 59.2 Å². The van der Waals surface area contributed by atoms with E-state index in [9.17, 15) is 0 Å². The molecule has 1 saturated carbocycles. The van der Waals surface area contributed by atoms with Gasteiger partial charge in [-0.2, -0.15) is 0 Å². The van der Waals surface area contributed by atoms with Gasteiger partial charge in [0.1, 0.15) is 6.10 Å². The average molecular weight is 332 g/mol. The zero-order chi connectivity index (χ0) is 13.1. The second-order valence-electron chi connectivity index (χ2n) is 5.39. The van der Waals surface area contributed by atoms with E-state index >= 15 is 0 Å². The zero-order valence-corrected chi connectivity index (χ0v) is 13.5. The number of hydrogen-bond donors (Lipinski definition) is 1. The van der Waals surface area contributed by atoms with Crippen molar-refractivity contribution >= 4 is 27.3 Å². The van der Waals surface area contributed by atoms with Crippen LogP contribution in [0, 0.1) is 11.8 Å². The maximum absolute atomic E-state index is 6.22. The minimum Gasteiger partial charge on any atom is -0.368 e. The van der Waals surface area contributed by atoms with Crippen molar-refractivity contribution in [2.75, 3.05) is 6.54 Å². The lowest BCUT2D eigenvalue weighted by atomic mass is 9.80. The fraction of sp³-hybridized carbons (Fsp3) is 0.714. The predicted molar refractivity (Wildman–Crippen MR) is 80.9 cm³/mol. The van der Waals surface area contributed by atoms with Gasteiger partial charge in [-0.3, -0.25) is 0 Å². The van der Waals surface area contributed by atoms with E-state index in [0.717, 1.165) is 15.6 Å². The van der Waals surface area contributed by atoms with E-state index in [1.165, 1.54) is 24.1 Å². The molecule has 1 aromatic rings. The van der Waals surface area contributed by atoms with Gasteiger partial charge in [0, 0.05) is 11.4 Å². The molecule has 4 atom stereocenters. The summed E-state index contributed by atoms with van der Waals surface area (Å²) in [7, 11) is 0. The largest absolute Gasteiger partial charge is 0.368 e. The van der Waals surface area contributed by atoms with Crippen LogP contribution in [-0.2, 0) is 4.74 Å². The molecule has 2 nitrogen and oxygen atoms in total. The van der Waals surface area contributed by atoms with Crippen LogP contribution in [0.5, 0.6) is 0 Å². The van der Waals surface area contributed by atoms with Crippen molar-refractivity contribution in [2.24, 2.45) is 17.6 Å². The average Bonchev–Trinajstić information content (AvgIpc) is 2.77. The Morgan fingerprint density at radius 3 is 2.72 bits per heavy atom. The maximum Gasteiger partial charge on any atom is 0.104 e. The van der Waals surface area contributed by atoms with Crippen LogP contribution in [0.15, 0.2) is 15.9 Å². The molecule has 0 amide bonds. The van der Waals surface area contributed by atoms with E-state index < -0.39 is 0 Å². The highest BCUT2D eigenvalue weighted by Gasteiger charge is 2.27. The third-order valence-electron chi connectivity index (χ3n) is 4.03. The van der Waals surface area contributed by atoms with Crippen molar-refractivity contribution in [2.45, 2.75) is 45.3 Å². The molecule has 0 aliphatic heterocycles. The Kier molecular flexibility index (Phi) is 5.24. The molecule has 0 spiro atoms. The van der Waals surface area contributed by atoms with Gasteiger partial charge in [0.15, 0.2) is 0 Å². The summed E-state index contributed by atoms with van der Waals surface area (Å²) >= 11 is 5.22. The van der Waals surface area contributed by atoms with Gasteiger partial charge in [-0.15, -0.1) is 11.3 Å². The Bertz CT molecular complexity index is 382. The molecular formula is C14H22BrNOS. The molecule has 0 bridgehead atoms. The van der Waals surface area contributed by atoms with Crippen molar-refractivity contribution in [3.8, 4) is 0 Å². The Morgan fingerprint density at radius 2 is 2.17 bits per heavy atom. The maximum atomic E-state index is 6.22. The van der Waals surface area contributed by atoms with E-state index in [4.69, 9.17) is 10.5 Å². The second-order valence-corrected chi connectivity index (χ2v) is 7.89.